The quantitative estimate of drug-likeness (QED) is 0.706. The van der Waals surface area contributed by atoms with Crippen molar-refractivity contribution in [3.8, 4) is 6.07 Å². The van der Waals surface area contributed by atoms with Crippen molar-refractivity contribution in [2.45, 2.75) is 25.8 Å². The lowest BCUT2D eigenvalue weighted by molar-refractivity contribution is 0.0105. The van der Waals surface area contributed by atoms with Gasteiger partial charge in [-0.15, -0.1) is 0 Å². The van der Waals surface area contributed by atoms with Crippen molar-refractivity contribution in [2.24, 2.45) is 0 Å². The van der Waals surface area contributed by atoms with Crippen LogP contribution in [0.3, 0.4) is 0 Å². The Morgan fingerprint density at radius 1 is 1.18 bits per heavy atom. The van der Waals surface area contributed by atoms with Crippen molar-refractivity contribution in [1.82, 2.24) is 14.5 Å². The Hall–Kier alpha value is -3.43. The summed E-state index contributed by atoms with van der Waals surface area (Å²) in [7, 11) is 0. The Labute approximate surface area is 163 Å². The number of nitriles is 1. The molecule has 0 saturated heterocycles. The van der Waals surface area contributed by atoms with Gasteiger partial charge in [-0.25, -0.2) is 0 Å². The number of hydrogen-bond donors (Lipinski definition) is 0. The molecular weight excluding hydrogens is 352 g/mol. The summed E-state index contributed by atoms with van der Waals surface area (Å²) in [5.74, 6) is -0.0933. The minimum atomic E-state index is -0.134. The van der Waals surface area contributed by atoms with Gasteiger partial charge in [0.15, 0.2) is 0 Å². The number of carbonyl (C=O) groups excluding carboxylic acids is 1. The van der Waals surface area contributed by atoms with E-state index in [0.29, 0.717) is 37.4 Å². The first-order valence-corrected chi connectivity index (χ1v) is 9.17. The normalized spacial score (nSPS) is 16.1. The van der Waals surface area contributed by atoms with Gasteiger partial charge in [0.2, 0.25) is 0 Å². The molecule has 3 aromatic rings. The summed E-state index contributed by atoms with van der Waals surface area (Å²) in [6.45, 7) is 2.16. The monoisotopic (exact) mass is 372 g/mol. The molecule has 0 spiro atoms. The van der Waals surface area contributed by atoms with Crippen LogP contribution < -0.4 is 0 Å². The Bertz CT molecular complexity index is 1010. The second-order valence-electron chi connectivity index (χ2n) is 6.82. The van der Waals surface area contributed by atoms with E-state index >= 15 is 0 Å². The van der Waals surface area contributed by atoms with Gasteiger partial charge in [0.25, 0.3) is 5.91 Å². The van der Waals surface area contributed by atoms with E-state index in [4.69, 9.17) is 10.00 Å². The first kappa shape index (κ1) is 18.0. The second kappa shape index (κ2) is 8.07. The summed E-state index contributed by atoms with van der Waals surface area (Å²) < 4.78 is 8.28. The molecule has 0 fully saturated rings. The van der Waals surface area contributed by atoms with E-state index in [1.807, 2.05) is 30.5 Å². The summed E-state index contributed by atoms with van der Waals surface area (Å²) in [5, 5.41) is 9.12. The number of amides is 1. The molecular formula is C22H20N4O2. The van der Waals surface area contributed by atoms with Crippen molar-refractivity contribution in [3.63, 3.8) is 0 Å². The fourth-order valence-corrected chi connectivity index (χ4v) is 3.41. The summed E-state index contributed by atoms with van der Waals surface area (Å²) >= 11 is 0. The molecule has 0 bridgehead atoms. The van der Waals surface area contributed by atoms with Gasteiger partial charge >= 0.3 is 0 Å². The summed E-state index contributed by atoms with van der Waals surface area (Å²) in [4.78, 5) is 18.9. The minimum absolute atomic E-state index is 0.0933. The summed E-state index contributed by atoms with van der Waals surface area (Å²) in [6, 6.07) is 16.8. The van der Waals surface area contributed by atoms with Crippen LogP contribution in [-0.4, -0.2) is 33.0 Å². The van der Waals surface area contributed by atoms with Gasteiger partial charge in [-0.05, 0) is 48.0 Å². The van der Waals surface area contributed by atoms with Crippen molar-refractivity contribution in [3.05, 3.63) is 89.5 Å². The molecule has 28 heavy (non-hydrogen) atoms. The van der Waals surface area contributed by atoms with E-state index in [-0.39, 0.29) is 12.0 Å². The topological polar surface area (TPSA) is 71.2 Å². The average Bonchev–Trinajstić information content (AvgIpc) is 3.10. The third-order valence-corrected chi connectivity index (χ3v) is 4.86. The highest BCUT2D eigenvalue weighted by molar-refractivity contribution is 5.94. The largest absolute Gasteiger partial charge is 0.370 e. The lowest BCUT2D eigenvalue weighted by atomic mass is 10.1. The zero-order valence-corrected chi connectivity index (χ0v) is 15.4. The molecule has 1 aliphatic rings. The van der Waals surface area contributed by atoms with Crippen LogP contribution in [0.4, 0.5) is 0 Å². The molecule has 6 heteroatoms. The zero-order valence-electron chi connectivity index (χ0n) is 15.4. The van der Waals surface area contributed by atoms with E-state index in [0.717, 1.165) is 11.3 Å². The first-order valence-electron chi connectivity index (χ1n) is 9.17. The molecule has 1 aliphatic heterocycles. The van der Waals surface area contributed by atoms with Crippen LogP contribution in [0.25, 0.3) is 0 Å². The maximum Gasteiger partial charge on any atom is 0.254 e. The highest BCUT2D eigenvalue weighted by Gasteiger charge is 2.26. The van der Waals surface area contributed by atoms with Gasteiger partial charge in [0.1, 0.15) is 0 Å². The van der Waals surface area contributed by atoms with Crippen LogP contribution >= 0.6 is 0 Å². The van der Waals surface area contributed by atoms with Crippen molar-refractivity contribution in [1.29, 1.82) is 5.26 Å². The van der Waals surface area contributed by atoms with E-state index in [1.165, 1.54) is 0 Å². The van der Waals surface area contributed by atoms with Gasteiger partial charge in [-0.3, -0.25) is 9.78 Å². The molecule has 6 nitrogen and oxygen atoms in total. The molecule has 4 rings (SSSR count). The predicted molar refractivity (Wildman–Crippen MR) is 103 cm³/mol. The Balaban J connectivity index is 1.54. The molecule has 140 valence electrons. The van der Waals surface area contributed by atoms with Gasteiger partial charge < -0.3 is 14.2 Å². The number of aromatic nitrogens is 2. The maximum absolute atomic E-state index is 13.1. The number of benzene rings is 1. The first-order chi connectivity index (χ1) is 13.7. The molecule has 1 amide bonds. The van der Waals surface area contributed by atoms with Crippen LogP contribution in [0.5, 0.6) is 0 Å². The fraction of sp³-hybridized carbons (Fsp3) is 0.227. The number of ether oxygens (including phenoxy) is 1. The van der Waals surface area contributed by atoms with Crippen LogP contribution in [0.1, 0.15) is 27.2 Å². The molecule has 0 aliphatic carbocycles. The van der Waals surface area contributed by atoms with Crippen LogP contribution in [-0.2, 0) is 24.4 Å². The smallest absolute Gasteiger partial charge is 0.254 e. The van der Waals surface area contributed by atoms with Gasteiger partial charge in [0.05, 0.1) is 37.4 Å². The molecule has 1 atom stereocenters. The van der Waals surface area contributed by atoms with Crippen LogP contribution in [0.15, 0.2) is 67.1 Å². The molecule has 3 heterocycles. The van der Waals surface area contributed by atoms with Gasteiger partial charge in [-0.1, -0.05) is 6.07 Å². The second-order valence-corrected chi connectivity index (χ2v) is 6.82. The number of fused-ring (bicyclic) bond motifs is 1. The number of carbonyl (C=O) groups is 1. The van der Waals surface area contributed by atoms with Gasteiger partial charge in [-0.2, -0.15) is 5.26 Å². The molecule has 0 N–H and O–H groups in total. The van der Waals surface area contributed by atoms with Crippen molar-refractivity contribution < 1.29 is 9.53 Å². The molecule has 1 aromatic carbocycles. The zero-order chi connectivity index (χ0) is 19.3. The number of nitrogens with zero attached hydrogens (tertiary/aromatic N) is 4. The van der Waals surface area contributed by atoms with E-state index < -0.39 is 0 Å². The Kier molecular flexibility index (Phi) is 5.18. The molecule has 0 radical (unpaired) electrons. The number of rotatable bonds is 4. The number of hydrogen-bond acceptors (Lipinski definition) is 4. The minimum Gasteiger partial charge on any atom is -0.370 e. The molecule has 2 aromatic heterocycles. The third kappa shape index (κ3) is 3.95. The van der Waals surface area contributed by atoms with Crippen LogP contribution in [0, 0.1) is 11.3 Å². The van der Waals surface area contributed by atoms with Crippen molar-refractivity contribution >= 4 is 5.91 Å². The fourth-order valence-electron chi connectivity index (χ4n) is 3.41. The lowest BCUT2D eigenvalue weighted by Gasteiger charge is -2.24. The molecule has 1 unspecified atom stereocenters. The van der Waals surface area contributed by atoms with Crippen molar-refractivity contribution in [2.75, 3.05) is 6.54 Å². The molecule has 0 saturated carbocycles. The SMILES string of the molecule is N#Cc1cccc(C(=O)N2Cc3cccn3CC(OCc3ccncc3)C2)c1. The third-order valence-electron chi connectivity index (χ3n) is 4.86. The van der Waals surface area contributed by atoms with Gasteiger partial charge in [0, 0.05) is 36.4 Å². The van der Waals surface area contributed by atoms with E-state index in [1.54, 1.807) is 41.6 Å². The predicted octanol–water partition coefficient (Wildman–Crippen LogP) is 3.00. The lowest BCUT2D eigenvalue weighted by Crippen LogP contribution is -2.37. The van der Waals surface area contributed by atoms with E-state index in [9.17, 15) is 4.79 Å². The van der Waals surface area contributed by atoms with E-state index in [2.05, 4.69) is 15.6 Å². The summed E-state index contributed by atoms with van der Waals surface area (Å²) in [5.41, 5.74) is 3.12. The highest BCUT2D eigenvalue weighted by Crippen LogP contribution is 2.19. The Morgan fingerprint density at radius 2 is 2.04 bits per heavy atom. The average molecular weight is 372 g/mol. The highest BCUT2D eigenvalue weighted by atomic mass is 16.5. The maximum atomic E-state index is 13.1. The standard InChI is InChI=1S/C22H20N4O2/c23-12-18-3-1-4-19(11-18)22(27)26-13-20-5-2-10-25(20)14-21(15-26)28-16-17-6-8-24-9-7-17/h1-11,21H,13-16H2. The Morgan fingerprint density at radius 3 is 2.86 bits per heavy atom. The summed E-state index contributed by atoms with van der Waals surface area (Å²) in [6.07, 6.45) is 5.37. The van der Waals surface area contributed by atoms with Crippen LogP contribution in [0.2, 0.25) is 0 Å². The number of pyridine rings is 1.